The Morgan fingerprint density at radius 3 is 3.00 bits per heavy atom. The molecule has 18 heavy (non-hydrogen) atoms. The second-order valence-electron chi connectivity index (χ2n) is 3.63. The van der Waals surface area contributed by atoms with E-state index in [9.17, 15) is 4.79 Å². The van der Waals surface area contributed by atoms with Crippen LogP contribution in [0.5, 0.6) is 0 Å². The van der Waals surface area contributed by atoms with Gasteiger partial charge in [0.1, 0.15) is 17.9 Å². The molecule has 0 saturated heterocycles. The highest BCUT2D eigenvalue weighted by atomic mass is 35.5. The molecule has 0 aromatic carbocycles. The minimum Gasteiger partial charge on any atom is -0.468 e. The molecule has 2 heterocycles. The number of nitrogens with zero attached hydrogens (tertiary/aromatic N) is 3. The van der Waals surface area contributed by atoms with Crippen LogP contribution in [0.25, 0.3) is 11.2 Å². The number of aromatic nitrogens is 3. The molecule has 0 amide bonds. The average molecular weight is 288 g/mol. The molecule has 0 fully saturated rings. The van der Waals surface area contributed by atoms with Gasteiger partial charge in [-0.25, -0.2) is 9.97 Å². The largest absolute Gasteiger partial charge is 0.468 e. The van der Waals surface area contributed by atoms with Crippen LogP contribution in [0, 0.1) is 0 Å². The summed E-state index contributed by atoms with van der Waals surface area (Å²) in [5, 5.41) is 0.502. The fourth-order valence-electron chi connectivity index (χ4n) is 1.67. The number of esters is 1. The summed E-state index contributed by atoms with van der Waals surface area (Å²) in [5.41, 5.74) is 1.25. The summed E-state index contributed by atoms with van der Waals surface area (Å²) >= 11 is 11.6. The van der Waals surface area contributed by atoms with Crippen molar-refractivity contribution in [3.63, 3.8) is 0 Å². The van der Waals surface area contributed by atoms with E-state index in [-0.39, 0.29) is 12.5 Å². The molecule has 0 radical (unpaired) electrons. The normalized spacial score (nSPS) is 10.8. The smallest absolute Gasteiger partial charge is 0.325 e. The minimum atomic E-state index is -0.359. The monoisotopic (exact) mass is 287 g/mol. The van der Waals surface area contributed by atoms with Crippen LogP contribution in [0.15, 0.2) is 12.3 Å². The summed E-state index contributed by atoms with van der Waals surface area (Å²) in [6.45, 7) is 0.0633. The van der Waals surface area contributed by atoms with Gasteiger partial charge in [0.15, 0.2) is 5.65 Å². The van der Waals surface area contributed by atoms with Crippen LogP contribution in [-0.2, 0) is 22.5 Å². The summed E-state index contributed by atoms with van der Waals surface area (Å²) in [4.78, 5) is 20.0. The first kappa shape index (κ1) is 13.1. The zero-order valence-electron chi connectivity index (χ0n) is 9.69. The Morgan fingerprint density at radius 1 is 1.56 bits per heavy atom. The Morgan fingerprint density at radius 2 is 2.33 bits per heavy atom. The van der Waals surface area contributed by atoms with Crippen LogP contribution in [0.4, 0.5) is 0 Å². The van der Waals surface area contributed by atoms with Crippen molar-refractivity contribution in [2.45, 2.75) is 13.0 Å². The minimum absolute atomic E-state index is 0.0633. The maximum Gasteiger partial charge on any atom is 0.325 e. The highest BCUT2D eigenvalue weighted by Gasteiger charge is 2.14. The van der Waals surface area contributed by atoms with Gasteiger partial charge in [-0.3, -0.25) is 4.79 Å². The molecular weight excluding hydrogens is 277 g/mol. The van der Waals surface area contributed by atoms with Crippen molar-refractivity contribution in [3.05, 3.63) is 23.1 Å². The molecule has 5 nitrogen and oxygen atoms in total. The lowest BCUT2D eigenvalue weighted by Crippen LogP contribution is -2.14. The second kappa shape index (κ2) is 5.54. The van der Waals surface area contributed by atoms with Crippen LogP contribution < -0.4 is 0 Å². The molecule has 2 aromatic heterocycles. The van der Waals surface area contributed by atoms with E-state index >= 15 is 0 Å². The molecule has 96 valence electrons. The van der Waals surface area contributed by atoms with Gasteiger partial charge in [-0.05, 0) is 6.07 Å². The number of hydrogen-bond acceptors (Lipinski definition) is 4. The number of alkyl halides is 1. The molecule has 0 aliphatic rings. The van der Waals surface area contributed by atoms with Crippen LogP contribution in [0.3, 0.4) is 0 Å². The molecule has 0 saturated carbocycles. The van der Waals surface area contributed by atoms with E-state index in [0.717, 1.165) is 0 Å². The van der Waals surface area contributed by atoms with E-state index in [1.54, 1.807) is 10.6 Å². The van der Waals surface area contributed by atoms with E-state index in [1.807, 2.05) is 0 Å². The number of fused-ring (bicyclic) bond motifs is 1. The summed E-state index contributed by atoms with van der Waals surface area (Å²) in [6.07, 6.45) is 2.07. The molecular formula is C11H11Cl2N3O2. The van der Waals surface area contributed by atoms with Gasteiger partial charge in [0.25, 0.3) is 0 Å². The molecule has 0 spiro atoms. The third kappa shape index (κ3) is 2.57. The molecule has 2 rings (SSSR count). The van der Waals surface area contributed by atoms with Gasteiger partial charge in [-0.1, -0.05) is 11.6 Å². The summed E-state index contributed by atoms with van der Waals surface area (Å²) in [6, 6.07) is 1.70. The van der Waals surface area contributed by atoms with E-state index in [4.69, 9.17) is 23.2 Å². The highest BCUT2D eigenvalue weighted by Crippen LogP contribution is 2.18. The van der Waals surface area contributed by atoms with Gasteiger partial charge in [0, 0.05) is 18.5 Å². The zero-order chi connectivity index (χ0) is 13.1. The number of imidazole rings is 1. The fourth-order valence-corrected chi connectivity index (χ4v) is 1.99. The van der Waals surface area contributed by atoms with Crippen LogP contribution >= 0.6 is 23.2 Å². The molecule has 7 heteroatoms. The van der Waals surface area contributed by atoms with Gasteiger partial charge in [0.2, 0.25) is 0 Å². The number of rotatable bonds is 4. The SMILES string of the molecule is COC(=O)Cn1c(CCCl)nc2cc(Cl)cnc21. The van der Waals surface area contributed by atoms with Crippen LogP contribution in [0.2, 0.25) is 5.02 Å². The maximum atomic E-state index is 11.4. The molecule has 0 aliphatic heterocycles. The van der Waals surface area contributed by atoms with Gasteiger partial charge < -0.3 is 9.30 Å². The predicted molar refractivity (Wildman–Crippen MR) is 69.0 cm³/mol. The number of methoxy groups -OCH3 is 1. The van der Waals surface area contributed by atoms with Crippen molar-refractivity contribution in [1.82, 2.24) is 14.5 Å². The van der Waals surface area contributed by atoms with Crippen molar-refractivity contribution >= 4 is 40.3 Å². The standard InChI is InChI=1S/C11H11Cl2N3O2/c1-18-10(17)6-16-9(2-3-12)15-8-4-7(13)5-14-11(8)16/h4-5H,2-3,6H2,1H3. The topological polar surface area (TPSA) is 57.0 Å². The third-order valence-electron chi connectivity index (χ3n) is 2.46. The predicted octanol–water partition coefficient (Wildman–Crippen LogP) is 2.04. The zero-order valence-corrected chi connectivity index (χ0v) is 11.2. The van der Waals surface area contributed by atoms with Crippen molar-refractivity contribution in [3.8, 4) is 0 Å². The van der Waals surface area contributed by atoms with Crippen molar-refractivity contribution in [1.29, 1.82) is 0 Å². The summed E-state index contributed by atoms with van der Waals surface area (Å²) in [5.74, 6) is 0.750. The third-order valence-corrected chi connectivity index (χ3v) is 2.86. The summed E-state index contributed by atoms with van der Waals surface area (Å²) in [7, 11) is 1.34. The lowest BCUT2D eigenvalue weighted by Gasteiger charge is -2.05. The number of carbonyl (C=O) groups is 1. The second-order valence-corrected chi connectivity index (χ2v) is 4.44. The van der Waals surface area contributed by atoms with Crippen LogP contribution in [-0.4, -0.2) is 33.5 Å². The fraction of sp³-hybridized carbons (Fsp3) is 0.364. The Hall–Kier alpha value is -1.33. The molecule has 0 bridgehead atoms. The number of halogens is 2. The van der Waals surface area contributed by atoms with Crippen molar-refractivity contribution in [2.24, 2.45) is 0 Å². The van der Waals surface area contributed by atoms with Crippen LogP contribution in [0.1, 0.15) is 5.82 Å². The number of pyridine rings is 1. The van der Waals surface area contributed by atoms with E-state index in [0.29, 0.717) is 34.3 Å². The first-order valence-corrected chi connectivity index (χ1v) is 6.20. The Balaban J connectivity index is 2.51. The molecule has 0 N–H and O–H groups in total. The van der Waals surface area contributed by atoms with Gasteiger partial charge in [-0.15, -0.1) is 11.6 Å². The Labute approximate surface area is 114 Å². The van der Waals surface area contributed by atoms with E-state index in [1.165, 1.54) is 13.3 Å². The number of aryl methyl sites for hydroxylation is 1. The van der Waals surface area contributed by atoms with Crippen molar-refractivity contribution in [2.75, 3.05) is 13.0 Å². The average Bonchev–Trinajstić information content (AvgIpc) is 2.67. The molecule has 0 atom stereocenters. The number of ether oxygens (including phenoxy) is 1. The molecule has 0 aliphatic carbocycles. The van der Waals surface area contributed by atoms with Gasteiger partial charge in [0.05, 0.1) is 12.1 Å². The Kier molecular flexibility index (Phi) is 4.04. The molecule has 0 unspecified atom stereocenters. The van der Waals surface area contributed by atoms with E-state index < -0.39 is 0 Å². The lowest BCUT2D eigenvalue weighted by atomic mass is 10.4. The van der Waals surface area contributed by atoms with Gasteiger partial charge in [-0.2, -0.15) is 0 Å². The van der Waals surface area contributed by atoms with Gasteiger partial charge >= 0.3 is 5.97 Å². The lowest BCUT2D eigenvalue weighted by molar-refractivity contribution is -0.141. The number of carbonyl (C=O) groups excluding carboxylic acids is 1. The highest BCUT2D eigenvalue weighted by molar-refractivity contribution is 6.31. The summed E-state index contributed by atoms with van der Waals surface area (Å²) < 4.78 is 6.35. The number of hydrogen-bond donors (Lipinski definition) is 0. The van der Waals surface area contributed by atoms with E-state index in [2.05, 4.69) is 14.7 Å². The Bertz CT molecular complexity index is 583. The first-order valence-electron chi connectivity index (χ1n) is 5.29. The van der Waals surface area contributed by atoms with Crippen molar-refractivity contribution < 1.29 is 9.53 Å². The molecule has 2 aromatic rings. The maximum absolute atomic E-state index is 11.4. The first-order chi connectivity index (χ1) is 8.65. The quantitative estimate of drug-likeness (QED) is 0.638.